The number of ether oxygens (including phenoxy) is 2. The van der Waals surface area contributed by atoms with Crippen molar-refractivity contribution in [2.75, 3.05) is 0 Å². The molecule has 3 aliphatic rings. The molecule has 3 atom stereocenters. The van der Waals surface area contributed by atoms with Crippen molar-refractivity contribution < 1.29 is 14.3 Å². The predicted molar refractivity (Wildman–Crippen MR) is 58.8 cm³/mol. The SMILES string of the molecule is CC(=O)[C@@H]1O[C@H]2C=C3C=CCCC3=C[C@H]2O1. The molecule has 0 unspecified atom stereocenters. The molecule has 3 heteroatoms. The van der Waals surface area contributed by atoms with E-state index < -0.39 is 6.29 Å². The van der Waals surface area contributed by atoms with Crippen LogP contribution in [-0.4, -0.2) is 24.3 Å². The lowest BCUT2D eigenvalue weighted by atomic mass is 9.88. The Morgan fingerprint density at radius 3 is 2.81 bits per heavy atom. The number of fused-ring (bicyclic) bond motifs is 2. The monoisotopic (exact) mass is 218 g/mol. The van der Waals surface area contributed by atoms with Crippen molar-refractivity contribution in [2.24, 2.45) is 0 Å². The van der Waals surface area contributed by atoms with Crippen LogP contribution in [0.5, 0.6) is 0 Å². The Morgan fingerprint density at radius 1 is 1.31 bits per heavy atom. The fourth-order valence-corrected chi connectivity index (χ4v) is 2.35. The summed E-state index contributed by atoms with van der Waals surface area (Å²) >= 11 is 0. The summed E-state index contributed by atoms with van der Waals surface area (Å²) < 4.78 is 11.1. The summed E-state index contributed by atoms with van der Waals surface area (Å²) in [5.41, 5.74) is 2.54. The van der Waals surface area contributed by atoms with E-state index in [-0.39, 0.29) is 18.0 Å². The van der Waals surface area contributed by atoms with E-state index in [1.807, 2.05) is 0 Å². The van der Waals surface area contributed by atoms with Crippen LogP contribution in [0.2, 0.25) is 0 Å². The zero-order valence-corrected chi connectivity index (χ0v) is 9.18. The fourth-order valence-electron chi connectivity index (χ4n) is 2.35. The van der Waals surface area contributed by atoms with Gasteiger partial charge >= 0.3 is 0 Å². The zero-order chi connectivity index (χ0) is 11.1. The second kappa shape index (κ2) is 3.68. The van der Waals surface area contributed by atoms with Crippen molar-refractivity contribution in [3.05, 3.63) is 35.5 Å². The normalized spacial score (nSPS) is 36.2. The zero-order valence-electron chi connectivity index (χ0n) is 9.18. The van der Waals surface area contributed by atoms with Gasteiger partial charge in [-0.3, -0.25) is 4.79 Å². The van der Waals surface area contributed by atoms with Gasteiger partial charge in [0.15, 0.2) is 5.78 Å². The number of ketones is 1. The third-order valence-corrected chi connectivity index (χ3v) is 3.18. The van der Waals surface area contributed by atoms with Crippen LogP contribution in [0.1, 0.15) is 19.8 Å². The second-order valence-electron chi connectivity index (χ2n) is 4.40. The molecule has 1 fully saturated rings. The Bertz CT molecular complexity index is 417. The standard InChI is InChI=1S/C13H14O3/c1-8(14)13-15-11-6-9-4-2-3-5-10(9)7-12(11)16-13/h2,4,6-7,11-13H,3,5H2,1H3/t11-,12+,13+/m0/s1. The summed E-state index contributed by atoms with van der Waals surface area (Å²) in [6.07, 6.45) is 9.72. The van der Waals surface area contributed by atoms with Crippen LogP contribution in [-0.2, 0) is 14.3 Å². The third-order valence-electron chi connectivity index (χ3n) is 3.18. The number of allylic oxidation sites excluding steroid dienone is 4. The van der Waals surface area contributed by atoms with Gasteiger partial charge in [0, 0.05) is 0 Å². The molecule has 0 amide bonds. The minimum absolute atomic E-state index is 0.0651. The number of carbonyl (C=O) groups is 1. The maximum Gasteiger partial charge on any atom is 0.218 e. The molecule has 84 valence electrons. The van der Waals surface area contributed by atoms with Crippen molar-refractivity contribution in [2.45, 2.75) is 38.3 Å². The molecular formula is C13H14O3. The molecule has 3 rings (SSSR count). The van der Waals surface area contributed by atoms with Gasteiger partial charge in [0.05, 0.1) is 0 Å². The molecule has 1 aliphatic heterocycles. The Hall–Kier alpha value is -1.19. The van der Waals surface area contributed by atoms with Gasteiger partial charge in [0.1, 0.15) is 12.2 Å². The fraction of sp³-hybridized carbons (Fsp3) is 0.462. The topological polar surface area (TPSA) is 35.5 Å². The summed E-state index contributed by atoms with van der Waals surface area (Å²) in [6, 6.07) is 0. The predicted octanol–water partition coefficient (Wildman–Crippen LogP) is 1.90. The first kappa shape index (κ1) is 10.00. The van der Waals surface area contributed by atoms with Crippen molar-refractivity contribution in [1.29, 1.82) is 0 Å². The summed E-state index contributed by atoms with van der Waals surface area (Å²) in [5, 5.41) is 0. The molecule has 16 heavy (non-hydrogen) atoms. The maximum atomic E-state index is 11.2. The van der Waals surface area contributed by atoms with E-state index in [9.17, 15) is 4.79 Å². The van der Waals surface area contributed by atoms with E-state index in [4.69, 9.17) is 9.47 Å². The first-order valence-corrected chi connectivity index (χ1v) is 5.65. The molecule has 0 aromatic carbocycles. The minimum atomic E-state index is -0.687. The molecule has 0 aromatic rings. The van der Waals surface area contributed by atoms with Gasteiger partial charge in [-0.05, 0) is 43.1 Å². The lowest BCUT2D eigenvalue weighted by Crippen LogP contribution is -2.23. The first-order chi connectivity index (χ1) is 7.74. The van der Waals surface area contributed by atoms with Crippen LogP contribution in [0.15, 0.2) is 35.5 Å². The van der Waals surface area contributed by atoms with Gasteiger partial charge < -0.3 is 9.47 Å². The average molecular weight is 218 g/mol. The Labute approximate surface area is 94.4 Å². The van der Waals surface area contributed by atoms with Crippen LogP contribution < -0.4 is 0 Å². The van der Waals surface area contributed by atoms with Crippen LogP contribution in [0.3, 0.4) is 0 Å². The Kier molecular flexibility index (Phi) is 2.30. The summed E-state index contributed by atoms with van der Waals surface area (Å²) in [5.74, 6) is -0.0651. The summed E-state index contributed by atoms with van der Waals surface area (Å²) in [7, 11) is 0. The summed E-state index contributed by atoms with van der Waals surface area (Å²) in [4.78, 5) is 11.2. The van der Waals surface area contributed by atoms with Crippen LogP contribution in [0, 0.1) is 0 Å². The maximum absolute atomic E-state index is 11.2. The molecule has 0 radical (unpaired) electrons. The lowest BCUT2D eigenvalue weighted by Gasteiger charge is -2.22. The van der Waals surface area contributed by atoms with E-state index in [0.29, 0.717) is 0 Å². The highest BCUT2D eigenvalue weighted by atomic mass is 16.7. The molecule has 0 spiro atoms. The number of Topliss-reactive ketones (excluding diaryl/α,β-unsaturated/α-hetero) is 1. The van der Waals surface area contributed by atoms with Crippen LogP contribution in [0.4, 0.5) is 0 Å². The quantitative estimate of drug-likeness (QED) is 0.674. The minimum Gasteiger partial charge on any atom is -0.335 e. The molecule has 0 N–H and O–H groups in total. The van der Waals surface area contributed by atoms with Gasteiger partial charge in [-0.2, -0.15) is 0 Å². The third kappa shape index (κ3) is 1.56. The van der Waals surface area contributed by atoms with Crippen molar-refractivity contribution >= 4 is 5.78 Å². The van der Waals surface area contributed by atoms with Crippen LogP contribution >= 0.6 is 0 Å². The van der Waals surface area contributed by atoms with Gasteiger partial charge in [0.25, 0.3) is 0 Å². The van der Waals surface area contributed by atoms with Crippen molar-refractivity contribution in [3.63, 3.8) is 0 Å². The van der Waals surface area contributed by atoms with Gasteiger partial charge in [-0.15, -0.1) is 0 Å². The van der Waals surface area contributed by atoms with E-state index in [2.05, 4.69) is 24.3 Å². The van der Waals surface area contributed by atoms with E-state index in [0.717, 1.165) is 12.8 Å². The Morgan fingerprint density at radius 2 is 2.06 bits per heavy atom. The van der Waals surface area contributed by atoms with E-state index in [1.165, 1.54) is 18.1 Å². The molecule has 2 aliphatic carbocycles. The van der Waals surface area contributed by atoms with E-state index in [1.54, 1.807) is 0 Å². The highest BCUT2D eigenvalue weighted by Crippen LogP contribution is 2.34. The molecule has 0 saturated carbocycles. The number of carbonyl (C=O) groups excluding carboxylic acids is 1. The molecular weight excluding hydrogens is 204 g/mol. The Balaban J connectivity index is 1.87. The lowest BCUT2D eigenvalue weighted by molar-refractivity contribution is -0.144. The van der Waals surface area contributed by atoms with Crippen molar-refractivity contribution in [3.8, 4) is 0 Å². The first-order valence-electron chi connectivity index (χ1n) is 5.65. The molecule has 0 aromatic heterocycles. The number of rotatable bonds is 1. The number of hydrogen-bond acceptors (Lipinski definition) is 3. The molecule has 1 saturated heterocycles. The van der Waals surface area contributed by atoms with Gasteiger partial charge in [-0.25, -0.2) is 0 Å². The summed E-state index contributed by atoms with van der Waals surface area (Å²) in [6.45, 7) is 1.50. The highest BCUT2D eigenvalue weighted by Gasteiger charge is 2.38. The van der Waals surface area contributed by atoms with Crippen molar-refractivity contribution in [1.82, 2.24) is 0 Å². The number of hydrogen-bond donors (Lipinski definition) is 0. The largest absolute Gasteiger partial charge is 0.335 e. The molecule has 1 heterocycles. The second-order valence-corrected chi connectivity index (χ2v) is 4.40. The molecule has 0 bridgehead atoms. The van der Waals surface area contributed by atoms with E-state index >= 15 is 0 Å². The van der Waals surface area contributed by atoms with Gasteiger partial charge in [-0.1, -0.05) is 12.2 Å². The highest BCUT2D eigenvalue weighted by molar-refractivity contribution is 5.79. The van der Waals surface area contributed by atoms with Gasteiger partial charge in [0.2, 0.25) is 6.29 Å². The molecule has 3 nitrogen and oxygen atoms in total. The smallest absolute Gasteiger partial charge is 0.218 e. The average Bonchev–Trinajstić information content (AvgIpc) is 2.68. The van der Waals surface area contributed by atoms with Crippen LogP contribution in [0.25, 0.3) is 0 Å².